The van der Waals surface area contributed by atoms with Crippen molar-refractivity contribution < 1.29 is 4.79 Å². The fraction of sp³-hybridized carbons (Fsp3) is 0.588. The van der Waals surface area contributed by atoms with Gasteiger partial charge in [-0.15, -0.1) is 11.8 Å². The van der Waals surface area contributed by atoms with Crippen LogP contribution in [0.4, 0.5) is 0 Å². The van der Waals surface area contributed by atoms with E-state index in [1.807, 2.05) is 11.9 Å². The van der Waals surface area contributed by atoms with Crippen molar-refractivity contribution in [3.05, 3.63) is 29.3 Å². The molecule has 0 radical (unpaired) electrons. The molecule has 1 saturated heterocycles. The number of carbonyl (C=O) groups is 1. The van der Waals surface area contributed by atoms with Crippen molar-refractivity contribution in [2.75, 3.05) is 25.9 Å². The number of thioether (sulfide) groups is 1. The number of rotatable bonds is 5. The second-order valence-electron chi connectivity index (χ2n) is 5.83. The number of nitrogens with zero attached hydrogens (tertiary/aromatic N) is 1. The Bertz CT molecular complexity index is 484. The van der Waals surface area contributed by atoms with Gasteiger partial charge in [0.25, 0.3) is 0 Å². The van der Waals surface area contributed by atoms with Crippen LogP contribution in [0.3, 0.4) is 0 Å². The molecule has 116 valence electrons. The fourth-order valence-electron chi connectivity index (χ4n) is 2.63. The van der Waals surface area contributed by atoms with Crippen LogP contribution in [0.2, 0.25) is 0 Å². The zero-order chi connectivity index (χ0) is 15.2. The van der Waals surface area contributed by atoms with Gasteiger partial charge in [-0.1, -0.05) is 6.07 Å². The Hall–Kier alpha value is -1.00. The Labute approximate surface area is 132 Å². The van der Waals surface area contributed by atoms with Crippen molar-refractivity contribution in [1.82, 2.24) is 10.2 Å². The van der Waals surface area contributed by atoms with Gasteiger partial charge in [-0.25, -0.2) is 0 Å². The average molecular weight is 306 g/mol. The van der Waals surface area contributed by atoms with Gasteiger partial charge in [-0.05, 0) is 63.0 Å². The number of amides is 1. The summed E-state index contributed by atoms with van der Waals surface area (Å²) in [5.74, 6) is 1.13. The molecule has 0 aromatic heterocycles. The lowest BCUT2D eigenvalue weighted by atomic mass is 10.1. The smallest absolute Gasteiger partial charge is 0.223 e. The number of carbonyl (C=O) groups excluding carboxylic acids is 1. The van der Waals surface area contributed by atoms with Gasteiger partial charge in [0, 0.05) is 30.2 Å². The van der Waals surface area contributed by atoms with Crippen molar-refractivity contribution in [2.24, 2.45) is 0 Å². The molecule has 1 heterocycles. The molecule has 0 spiro atoms. The molecule has 0 unspecified atom stereocenters. The molecular formula is C17H26N2OS. The first-order valence-corrected chi connectivity index (χ1v) is 8.73. The maximum absolute atomic E-state index is 12.2. The van der Waals surface area contributed by atoms with E-state index >= 15 is 0 Å². The molecule has 0 saturated carbocycles. The summed E-state index contributed by atoms with van der Waals surface area (Å²) in [7, 11) is 1.96. The van der Waals surface area contributed by atoms with Crippen LogP contribution in [-0.4, -0.2) is 42.7 Å². The van der Waals surface area contributed by atoms with Crippen LogP contribution >= 0.6 is 11.8 Å². The Kier molecular flexibility index (Phi) is 6.12. The second-order valence-corrected chi connectivity index (χ2v) is 7.00. The predicted octanol–water partition coefficient (Wildman–Crippen LogP) is 3.00. The van der Waals surface area contributed by atoms with Gasteiger partial charge in [0.15, 0.2) is 0 Å². The Morgan fingerprint density at radius 3 is 2.67 bits per heavy atom. The van der Waals surface area contributed by atoms with Crippen LogP contribution in [0, 0.1) is 13.8 Å². The first kappa shape index (κ1) is 16.4. The quantitative estimate of drug-likeness (QED) is 0.849. The molecule has 1 fully saturated rings. The van der Waals surface area contributed by atoms with E-state index in [1.165, 1.54) is 16.0 Å². The molecule has 0 bridgehead atoms. The summed E-state index contributed by atoms with van der Waals surface area (Å²) in [6.45, 7) is 6.32. The van der Waals surface area contributed by atoms with Crippen LogP contribution in [0.25, 0.3) is 0 Å². The topological polar surface area (TPSA) is 32.3 Å². The number of piperidine rings is 1. The van der Waals surface area contributed by atoms with Crippen LogP contribution in [0.1, 0.15) is 30.4 Å². The molecule has 1 aromatic rings. The molecule has 21 heavy (non-hydrogen) atoms. The highest BCUT2D eigenvalue weighted by atomic mass is 32.2. The zero-order valence-electron chi connectivity index (χ0n) is 13.3. The Morgan fingerprint density at radius 2 is 2.00 bits per heavy atom. The molecule has 1 aliphatic heterocycles. The molecular weight excluding hydrogens is 280 g/mol. The minimum Gasteiger partial charge on any atom is -0.343 e. The van der Waals surface area contributed by atoms with E-state index in [0.717, 1.165) is 31.7 Å². The molecule has 1 aromatic carbocycles. The van der Waals surface area contributed by atoms with E-state index in [2.05, 4.69) is 37.4 Å². The lowest BCUT2D eigenvalue weighted by molar-refractivity contribution is -0.131. The SMILES string of the molecule is Cc1ccc(SCCC(=O)N(C)C2CCNCC2)cc1C. The molecule has 0 aliphatic carbocycles. The highest BCUT2D eigenvalue weighted by Gasteiger charge is 2.21. The predicted molar refractivity (Wildman–Crippen MR) is 89.9 cm³/mol. The minimum atomic E-state index is 0.276. The summed E-state index contributed by atoms with van der Waals surface area (Å²) >= 11 is 1.78. The van der Waals surface area contributed by atoms with Crippen molar-refractivity contribution in [2.45, 2.75) is 44.0 Å². The molecule has 3 nitrogen and oxygen atoms in total. The maximum Gasteiger partial charge on any atom is 0.223 e. The first-order chi connectivity index (χ1) is 10.1. The van der Waals surface area contributed by atoms with Crippen molar-refractivity contribution >= 4 is 17.7 Å². The van der Waals surface area contributed by atoms with Crippen LogP contribution < -0.4 is 5.32 Å². The number of aryl methyl sites for hydroxylation is 2. The van der Waals surface area contributed by atoms with Gasteiger partial charge in [-0.3, -0.25) is 4.79 Å². The number of benzene rings is 1. The second kappa shape index (κ2) is 7.85. The summed E-state index contributed by atoms with van der Waals surface area (Å²) in [5, 5.41) is 3.34. The molecule has 4 heteroatoms. The Morgan fingerprint density at radius 1 is 1.29 bits per heavy atom. The standard InChI is InChI=1S/C17H26N2OS/c1-13-4-5-16(12-14(13)2)21-11-8-17(20)19(3)15-6-9-18-10-7-15/h4-5,12,15,18H,6-11H2,1-3H3. The summed E-state index contributed by atoms with van der Waals surface area (Å²) in [5.41, 5.74) is 2.64. The van der Waals surface area contributed by atoms with Gasteiger partial charge >= 0.3 is 0 Å². The minimum absolute atomic E-state index is 0.276. The zero-order valence-corrected chi connectivity index (χ0v) is 14.1. The van der Waals surface area contributed by atoms with Crippen molar-refractivity contribution in [1.29, 1.82) is 0 Å². The third-order valence-electron chi connectivity index (χ3n) is 4.31. The fourth-order valence-corrected chi connectivity index (χ4v) is 3.57. The van der Waals surface area contributed by atoms with E-state index in [9.17, 15) is 4.79 Å². The molecule has 2 rings (SSSR count). The van der Waals surface area contributed by atoms with Crippen LogP contribution in [-0.2, 0) is 4.79 Å². The van der Waals surface area contributed by atoms with E-state index in [0.29, 0.717) is 12.5 Å². The average Bonchev–Trinajstić information content (AvgIpc) is 2.51. The monoisotopic (exact) mass is 306 g/mol. The van der Waals surface area contributed by atoms with Crippen LogP contribution in [0.5, 0.6) is 0 Å². The molecule has 1 N–H and O–H groups in total. The van der Waals surface area contributed by atoms with Crippen molar-refractivity contribution in [3.63, 3.8) is 0 Å². The lowest BCUT2D eigenvalue weighted by Gasteiger charge is -2.31. The Balaban J connectivity index is 1.76. The third-order valence-corrected chi connectivity index (χ3v) is 5.31. The summed E-state index contributed by atoms with van der Waals surface area (Å²) < 4.78 is 0. The number of hydrogen-bond donors (Lipinski definition) is 1. The van der Waals surface area contributed by atoms with Gasteiger partial charge in [0.1, 0.15) is 0 Å². The third kappa shape index (κ3) is 4.75. The highest BCUT2D eigenvalue weighted by molar-refractivity contribution is 7.99. The first-order valence-electron chi connectivity index (χ1n) is 7.74. The summed E-state index contributed by atoms with van der Waals surface area (Å²) in [6.07, 6.45) is 2.77. The van der Waals surface area contributed by atoms with Crippen molar-refractivity contribution in [3.8, 4) is 0 Å². The number of nitrogens with one attached hydrogen (secondary N) is 1. The molecule has 0 atom stereocenters. The van der Waals surface area contributed by atoms with E-state index < -0.39 is 0 Å². The van der Waals surface area contributed by atoms with Gasteiger partial charge in [0.05, 0.1) is 0 Å². The van der Waals surface area contributed by atoms with E-state index in [1.54, 1.807) is 11.8 Å². The van der Waals surface area contributed by atoms with Gasteiger partial charge in [0.2, 0.25) is 5.91 Å². The van der Waals surface area contributed by atoms with E-state index in [-0.39, 0.29) is 5.91 Å². The van der Waals surface area contributed by atoms with Gasteiger partial charge in [-0.2, -0.15) is 0 Å². The summed E-state index contributed by atoms with van der Waals surface area (Å²) in [6, 6.07) is 6.93. The van der Waals surface area contributed by atoms with Gasteiger partial charge < -0.3 is 10.2 Å². The normalized spacial score (nSPS) is 16.0. The van der Waals surface area contributed by atoms with E-state index in [4.69, 9.17) is 0 Å². The largest absolute Gasteiger partial charge is 0.343 e. The molecule has 1 amide bonds. The maximum atomic E-state index is 12.2. The number of hydrogen-bond acceptors (Lipinski definition) is 3. The van der Waals surface area contributed by atoms with Crippen LogP contribution in [0.15, 0.2) is 23.1 Å². The highest BCUT2D eigenvalue weighted by Crippen LogP contribution is 2.22. The molecule has 1 aliphatic rings. The summed E-state index contributed by atoms with van der Waals surface area (Å²) in [4.78, 5) is 15.5. The lowest BCUT2D eigenvalue weighted by Crippen LogP contribution is -2.44.